The first kappa shape index (κ1) is 35.8. The number of esters is 1. The predicted molar refractivity (Wildman–Crippen MR) is 183 cm³/mol. The average molecular weight is 651 g/mol. The van der Waals surface area contributed by atoms with Crippen LogP contribution in [-0.4, -0.2) is 54.3 Å². The number of unbranched alkanes of at least 4 members (excludes halogenated alkanes) is 1. The fraction of sp³-hybridized carbons (Fsp3) is 0.300. The minimum absolute atomic E-state index is 0.0830. The Morgan fingerprint density at radius 2 is 0.979 bits per heavy atom. The maximum atomic E-state index is 12.8. The van der Waals surface area contributed by atoms with Gasteiger partial charge < -0.3 is 18.9 Å². The second kappa shape index (κ2) is 16.7. The van der Waals surface area contributed by atoms with E-state index in [9.17, 15) is 19.2 Å². The molecule has 4 rings (SSSR count). The predicted octanol–water partition coefficient (Wildman–Crippen LogP) is 7.46. The molecule has 4 aromatic carbocycles. The number of carbonyl (C=O) groups excluding carboxylic acids is 4. The van der Waals surface area contributed by atoms with E-state index in [2.05, 4.69) is 0 Å². The van der Waals surface area contributed by atoms with E-state index in [0.29, 0.717) is 59.6 Å². The van der Waals surface area contributed by atoms with Crippen molar-refractivity contribution >= 4 is 23.3 Å². The van der Waals surface area contributed by atoms with Gasteiger partial charge in [-0.3, -0.25) is 14.4 Å². The molecule has 0 aliphatic rings. The standard InChI is InChI=1S/C40H42O8/c1-39(2,48-36(42)28-46-34-23-19-32(20-24-34)38(44)30-15-9-6-10-16-30)25-11-12-26-47-40(3,4)35(41)27-45-33-21-17-31(18-22-33)37(43)29-13-7-5-8-14-29/h5-10,13-24H,11-12,25-28H2,1-4H3. The molecule has 0 N–H and O–H groups in total. The van der Waals surface area contributed by atoms with Crippen molar-refractivity contribution in [3.63, 3.8) is 0 Å². The molecule has 8 heteroatoms. The van der Waals surface area contributed by atoms with Gasteiger partial charge >= 0.3 is 5.97 Å². The molecule has 0 saturated heterocycles. The number of hydrogen-bond donors (Lipinski definition) is 0. The highest BCUT2D eigenvalue weighted by Gasteiger charge is 2.29. The lowest BCUT2D eigenvalue weighted by atomic mass is 10.0. The Kier molecular flexibility index (Phi) is 12.4. The molecule has 250 valence electrons. The van der Waals surface area contributed by atoms with Crippen LogP contribution in [0.15, 0.2) is 109 Å². The summed E-state index contributed by atoms with van der Waals surface area (Å²) in [6.07, 6.45) is 1.98. The van der Waals surface area contributed by atoms with Crippen LogP contribution < -0.4 is 9.47 Å². The molecule has 0 spiro atoms. The van der Waals surface area contributed by atoms with Crippen molar-refractivity contribution in [2.45, 2.75) is 58.2 Å². The molecule has 0 atom stereocenters. The SMILES string of the molecule is CC(C)(CCCCOC(C)(C)C(=O)COc1ccc(C(=O)c2ccccc2)cc1)OC(=O)COc1ccc(C(=O)c2ccccc2)cc1. The van der Waals surface area contributed by atoms with Crippen LogP contribution in [0.5, 0.6) is 11.5 Å². The van der Waals surface area contributed by atoms with Crippen molar-refractivity contribution < 1.29 is 38.1 Å². The van der Waals surface area contributed by atoms with Crippen molar-refractivity contribution in [3.8, 4) is 11.5 Å². The molecule has 0 aliphatic carbocycles. The summed E-state index contributed by atoms with van der Waals surface area (Å²) in [5.74, 6) is 0.0696. The monoisotopic (exact) mass is 650 g/mol. The summed E-state index contributed by atoms with van der Waals surface area (Å²) in [5.41, 5.74) is 0.511. The highest BCUT2D eigenvalue weighted by Crippen LogP contribution is 2.21. The zero-order chi connectivity index (χ0) is 34.6. The van der Waals surface area contributed by atoms with Gasteiger partial charge in [-0.1, -0.05) is 60.7 Å². The number of ether oxygens (including phenoxy) is 4. The molecule has 0 bridgehead atoms. The summed E-state index contributed by atoms with van der Waals surface area (Å²) in [6, 6.07) is 31.4. The van der Waals surface area contributed by atoms with Crippen LogP contribution in [0.3, 0.4) is 0 Å². The van der Waals surface area contributed by atoms with Crippen LogP contribution in [-0.2, 0) is 19.1 Å². The Morgan fingerprint density at radius 3 is 1.46 bits per heavy atom. The van der Waals surface area contributed by atoms with Gasteiger partial charge in [0, 0.05) is 28.9 Å². The van der Waals surface area contributed by atoms with Gasteiger partial charge in [-0.2, -0.15) is 0 Å². The van der Waals surface area contributed by atoms with E-state index >= 15 is 0 Å². The Labute approximate surface area is 282 Å². The topological polar surface area (TPSA) is 105 Å². The zero-order valence-electron chi connectivity index (χ0n) is 27.9. The molecule has 0 saturated carbocycles. The van der Waals surface area contributed by atoms with Crippen molar-refractivity contribution in [2.75, 3.05) is 19.8 Å². The smallest absolute Gasteiger partial charge is 0.344 e. The van der Waals surface area contributed by atoms with Crippen LogP contribution in [0.25, 0.3) is 0 Å². The minimum atomic E-state index is -1.05. The molecule has 0 amide bonds. The third kappa shape index (κ3) is 10.7. The van der Waals surface area contributed by atoms with Crippen molar-refractivity contribution in [2.24, 2.45) is 0 Å². The van der Waals surface area contributed by atoms with Gasteiger partial charge in [0.05, 0.1) is 0 Å². The van der Waals surface area contributed by atoms with E-state index in [-0.39, 0.29) is 30.6 Å². The van der Waals surface area contributed by atoms with E-state index in [4.69, 9.17) is 18.9 Å². The number of carbonyl (C=O) groups is 4. The molecular formula is C40H42O8. The normalized spacial score (nSPS) is 11.4. The van der Waals surface area contributed by atoms with Gasteiger partial charge in [0.2, 0.25) is 5.78 Å². The fourth-order valence-electron chi connectivity index (χ4n) is 4.83. The highest BCUT2D eigenvalue weighted by atomic mass is 16.6. The Hall–Kier alpha value is -5.08. The maximum absolute atomic E-state index is 12.8. The van der Waals surface area contributed by atoms with Gasteiger partial charge in [-0.05, 0) is 95.5 Å². The molecule has 0 fully saturated rings. The summed E-state index contributed by atoms with van der Waals surface area (Å²) in [7, 11) is 0. The Balaban J connectivity index is 1.11. The Morgan fingerprint density at radius 1 is 0.542 bits per heavy atom. The fourth-order valence-corrected chi connectivity index (χ4v) is 4.83. The summed E-state index contributed by atoms with van der Waals surface area (Å²) in [4.78, 5) is 50.4. The van der Waals surface area contributed by atoms with Crippen molar-refractivity contribution in [1.29, 1.82) is 0 Å². The van der Waals surface area contributed by atoms with Crippen molar-refractivity contribution in [3.05, 3.63) is 131 Å². The van der Waals surface area contributed by atoms with Crippen LogP contribution >= 0.6 is 0 Å². The molecule has 0 radical (unpaired) electrons. The van der Waals surface area contributed by atoms with Crippen LogP contribution in [0.1, 0.15) is 78.8 Å². The highest BCUT2D eigenvalue weighted by molar-refractivity contribution is 6.09. The minimum Gasteiger partial charge on any atom is -0.486 e. The lowest BCUT2D eigenvalue weighted by Gasteiger charge is -2.26. The summed E-state index contributed by atoms with van der Waals surface area (Å²) in [5, 5.41) is 0. The summed E-state index contributed by atoms with van der Waals surface area (Å²) < 4.78 is 22.8. The first-order valence-corrected chi connectivity index (χ1v) is 16.0. The maximum Gasteiger partial charge on any atom is 0.344 e. The van der Waals surface area contributed by atoms with Crippen LogP contribution in [0, 0.1) is 0 Å². The largest absolute Gasteiger partial charge is 0.486 e. The van der Waals surface area contributed by atoms with Gasteiger partial charge in [-0.25, -0.2) is 4.79 Å². The number of benzene rings is 4. The van der Waals surface area contributed by atoms with Crippen LogP contribution in [0.4, 0.5) is 0 Å². The lowest BCUT2D eigenvalue weighted by molar-refractivity contribution is -0.159. The number of ketones is 3. The molecule has 8 nitrogen and oxygen atoms in total. The van der Waals surface area contributed by atoms with E-state index < -0.39 is 17.2 Å². The van der Waals surface area contributed by atoms with E-state index in [1.165, 1.54) is 0 Å². The number of rotatable bonds is 18. The van der Waals surface area contributed by atoms with Gasteiger partial charge in [0.1, 0.15) is 29.3 Å². The lowest BCUT2D eigenvalue weighted by Crippen LogP contribution is -2.39. The third-order valence-electron chi connectivity index (χ3n) is 7.73. The van der Waals surface area contributed by atoms with Crippen molar-refractivity contribution in [1.82, 2.24) is 0 Å². The van der Waals surface area contributed by atoms with Gasteiger partial charge in [0.15, 0.2) is 18.2 Å². The molecular weight excluding hydrogens is 608 g/mol. The zero-order valence-corrected chi connectivity index (χ0v) is 27.9. The second-order valence-electron chi connectivity index (χ2n) is 12.5. The van der Waals surface area contributed by atoms with E-state index in [1.807, 2.05) is 50.2 Å². The third-order valence-corrected chi connectivity index (χ3v) is 7.73. The van der Waals surface area contributed by atoms with Gasteiger partial charge in [0.25, 0.3) is 0 Å². The molecule has 48 heavy (non-hydrogen) atoms. The van der Waals surface area contributed by atoms with E-state index in [1.54, 1.807) is 86.6 Å². The van der Waals surface area contributed by atoms with Gasteiger partial charge in [-0.15, -0.1) is 0 Å². The molecule has 0 aromatic heterocycles. The first-order valence-electron chi connectivity index (χ1n) is 16.0. The summed E-state index contributed by atoms with van der Waals surface area (Å²) >= 11 is 0. The average Bonchev–Trinajstić information content (AvgIpc) is 3.09. The first-order chi connectivity index (χ1) is 22.9. The Bertz CT molecular complexity index is 1660. The number of hydrogen-bond acceptors (Lipinski definition) is 8. The number of Topliss-reactive ketones (excluding diaryl/α,β-unsaturated/α-hetero) is 1. The quantitative estimate of drug-likeness (QED) is 0.0621. The second-order valence-corrected chi connectivity index (χ2v) is 12.5. The molecule has 0 aliphatic heterocycles. The van der Waals surface area contributed by atoms with E-state index in [0.717, 1.165) is 0 Å². The van der Waals surface area contributed by atoms with Crippen LogP contribution in [0.2, 0.25) is 0 Å². The molecule has 0 heterocycles. The molecule has 0 unspecified atom stereocenters. The molecule has 4 aromatic rings. The summed E-state index contributed by atoms with van der Waals surface area (Å²) in [6.45, 7) is 7.02.